The Morgan fingerprint density at radius 1 is 1.21 bits per heavy atom. The first-order valence-corrected chi connectivity index (χ1v) is 9.96. The highest BCUT2D eigenvalue weighted by molar-refractivity contribution is 7.19. The number of ether oxygens (including phenoxy) is 2. The lowest BCUT2D eigenvalue weighted by molar-refractivity contribution is -0.116. The number of benzene rings is 2. The maximum atomic E-state index is 12.2. The van der Waals surface area contributed by atoms with Crippen molar-refractivity contribution in [2.24, 2.45) is 0 Å². The van der Waals surface area contributed by atoms with Gasteiger partial charge < -0.3 is 14.8 Å². The third-order valence-corrected chi connectivity index (χ3v) is 5.30. The summed E-state index contributed by atoms with van der Waals surface area (Å²) in [5.41, 5.74) is 2.49. The summed E-state index contributed by atoms with van der Waals surface area (Å²) in [4.78, 5) is 17.7. The monoisotopic (exact) mass is 407 g/mol. The van der Waals surface area contributed by atoms with Crippen LogP contribution in [0.15, 0.2) is 48.5 Å². The Labute approximate surface area is 173 Å². The maximum absolute atomic E-state index is 12.2. The molecule has 0 atom stereocenters. The minimum Gasteiger partial charge on any atom is -0.493 e. The Balaban J connectivity index is 1.49. The van der Waals surface area contributed by atoms with Crippen molar-refractivity contribution in [1.82, 2.24) is 4.98 Å². The molecule has 0 spiro atoms. The molecule has 0 aliphatic heterocycles. The van der Waals surface area contributed by atoms with Crippen molar-refractivity contribution in [2.45, 2.75) is 19.8 Å². The molecular formula is C22H21N3O3S. The second kappa shape index (κ2) is 9.71. The van der Waals surface area contributed by atoms with E-state index in [1.165, 1.54) is 18.4 Å². The molecular weight excluding hydrogens is 386 g/mol. The normalized spacial score (nSPS) is 10.2. The first kappa shape index (κ1) is 20.4. The van der Waals surface area contributed by atoms with Crippen molar-refractivity contribution < 1.29 is 14.3 Å². The van der Waals surface area contributed by atoms with Crippen molar-refractivity contribution >= 4 is 22.4 Å². The number of nitriles is 1. The van der Waals surface area contributed by atoms with Gasteiger partial charge in [-0.3, -0.25) is 4.79 Å². The number of aryl methyl sites for hydroxylation is 1. The molecule has 6 nitrogen and oxygen atoms in total. The Kier molecular flexibility index (Phi) is 6.82. The molecule has 0 aliphatic carbocycles. The van der Waals surface area contributed by atoms with Crippen LogP contribution in [-0.2, 0) is 4.79 Å². The van der Waals surface area contributed by atoms with Gasteiger partial charge in [-0.1, -0.05) is 41.7 Å². The van der Waals surface area contributed by atoms with Crippen molar-refractivity contribution in [3.05, 3.63) is 59.8 Å². The van der Waals surface area contributed by atoms with Crippen LogP contribution in [0.5, 0.6) is 11.5 Å². The fourth-order valence-corrected chi connectivity index (χ4v) is 3.75. The van der Waals surface area contributed by atoms with Crippen molar-refractivity contribution in [3.8, 4) is 28.0 Å². The van der Waals surface area contributed by atoms with E-state index >= 15 is 0 Å². The predicted octanol–water partition coefficient (Wildman–Crippen LogP) is 4.80. The van der Waals surface area contributed by atoms with Crippen molar-refractivity contribution in [2.75, 3.05) is 19.0 Å². The largest absolute Gasteiger partial charge is 0.493 e. The van der Waals surface area contributed by atoms with Gasteiger partial charge in [0.25, 0.3) is 0 Å². The maximum Gasteiger partial charge on any atom is 0.226 e. The van der Waals surface area contributed by atoms with Crippen LogP contribution in [0, 0.1) is 18.3 Å². The third kappa shape index (κ3) is 5.33. The summed E-state index contributed by atoms with van der Waals surface area (Å²) in [6.45, 7) is 2.30. The summed E-state index contributed by atoms with van der Waals surface area (Å²) in [7, 11) is 1.52. The summed E-state index contributed by atoms with van der Waals surface area (Å²) < 4.78 is 10.9. The number of rotatable bonds is 8. The predicted molar refractivity (Wildman–Crippen MR) is 113 cm³/mol. The molecule has 2 aromatic carbocycles. The average molecular weight is 407 g/mol. The first-order valence-electron chi connectivity index (χ1n) is 9.14. The van der Waals surface area contributed by atoms with Gasteiger partial charge in [0.15, 0.2) is 16.6 Å². The molecule has 0 bridgehead atoms. The summed E-state index contributed by atoms with van der Waals surface area (Å²) in [6, 6.07) is 17.0. The summed E-state index contributed by atoms with van der Waals surface area (Å²) in [5.74, 6) is 0.948. The van der Waals surface area contributed by atoms with Crippen LogP contribution in [0.25, 0.3) is 10.4 Å². The second-order valence-electron chi connectivity index (χ2n) is 6.28. The van der Waals surface area contributed by atoms with Gasteiger partial charge >= 0.3 is 0 Å². The fraction of sp³-hybridized carbons (Fsp3) is 0.227. The van der Waals surface area contributed by atoms with Gasteiger partial charge in [0.2, 0.25) is 5.91 Å². The zero-order chi connectivity index (χ0) is 20.6. The molecule has 0 saturated heterocycles. The van der Waals surface area contributed by atoms with E-state index in [-0.39, 0.29) is 5.91 Å². The van der Waals surface area contributed by atoms with E-state index in [2.05, 4.69) is 16.4 Å². The molecule has 0 aliphatic rings. The molecule has 3 rings (SSSR count). The number of nitrogens with zero attached hydrogens (tertiary/aromatic N) is 2. The summed E-state index contributed by atoms with van der Waals surface area (Å²) >= 11 is 1.47. The molecule has 7 heteroatoms. The second-order valence-corrected chi connectivity index (χ2v) is 7.28. The van der Waals surface area contributed by atoms with E-state index in [1.807, 2.05) is 37.3 Å². The molecule has 0 saturated carbocycles. The molecule has 0 unspecified atom stereocenters. The number of nitrogens with one attached hydrogen (secondary N) is 1. The van der Waals surface area contributed by atoms with E-state index in [0.717, 1.165) is 16.1 Å². The van der Waals surface area contributed by atoms with Crippen LogP contribution in [0.2, 0.25) is 0 Å². The number of carbonyl (C=O) groups excluding carboxylic acids is 1. The van der Waals surface area contributed by atoms with E-state index in [9.17, 15) is 4.79 Å². The van der Waals surface area contributed by atoms with Crippen LogP contribution in [-0.4, -0.2) is 24.6 Å². The highest BCUT2D eigenvalue weighted by Gasteiger charge is 2.12. The quantitative estimate of drug-likeness (QED) is 0.543. The van der Waals surface area contributed by atoms with Gasteiger partial charge in [-0.25, -0.2) is 4.98 Å². The minimum absolute atomic E-state index is 0.103. The van der Waals surface area contributed by atoms with Gasteiger partial charge in [0, 0.05) is 12.5 Å². The molecule has 3 aromatic rings. The zero-order valence-corrected chi connectivity index (χ0v) is 17.1. The molecule has 1 aromatic heterocycles. The number of carbonyl (C=O) groups is 1. The number of hydrogen-bond donors (Lipinski definition) is 1. The molecule has 1 heterocycles. The van der Waals surface area contributed by atoms with Crippen LogP contribution < -0.4 is 14.8 Å². The lowest BCUT2D eigenvalue weighted by Gasteiger charge is -2.10. The van der Waals surface area contributed by atoms with Crippen LogP contribution in [0.1, 0.15) is 24.1 Å². The number of amides is 1. The van der Waals surface area contributed by atoms with E-state index < -0.39 is 0 Å². The zero-order valence-electron chi connectivity index (χ0n) is 16.3. The highest BCUT2D eigenvalue weighted by Crippen LogP contribution is 2.32. The van der Waals surface area contributed by atoms with Crippen molar-refractivity contribution in [1.29, 1.82) is 5.26 Å². The van der Waals surface area contributed by atoms with Gasteiger partial charge in [-0.05, 0) is 31.0 Å². The molecule has 29 heavy (non-hydrogen) atoms. The minimum atomic E-state index is -0.103. The number of thiazole rings is 1. The Morgan fingerprint density at radius 2 is 2.00 bits per heavy atom. The molecule has 0 fully saturated rings. The number of anilines is 1. The molecule has 148 valence electrons. The number of methoxy groups -OCH3 is 1. The molecule has 1 N–H and O–H groups in total. The summed E-state index contributed by atoms with van der Waals surface area (Å²) in [5, 5.41) is 12.4. The Hall–Kier alpha value is -3.37. The topological polar surface area (TPSA) is 84.2 Å². The van der Waals surface area contributed by atoms with E-state index in [0.29, 0.717) is 41.6 Å². The number of hydrogen-bond acceptors (Lipinski definition) is 6. The van der Waals surface area contributed by atoms with Crippen LogP contribution >= 0.6 is 11.3 Å². The Bertz CT molecular complexity index is 1030. The SMILES string of the molecule is COc1cc(C#N)ccc1OCCCC(=O)Nc1nc(C)c(-c2ccccc2)s1. The lowest BCUT2D eigenvalue weighted by atomic mass is 10.2. The van der Waals surface area contributed by atoms with Crippen molar-refractivity contribution in [3.63, 3.8) is 0 Å². The van der Waals surface area contributed by atoms with E-state index in [1.54, 1.807) is 18.2 Å². The van der Waals surface area contributed by atoms with Gasteiger partial charge in [0.05, 0.1) is 35.9 Å². The van der Waals surface area contributed by atoms with Crippen LogP contribution in [0.4, 0.5) is 5.13 Å². The van der Waals surface area contributed by atoms with Gasteiger partial charge in [-0.15, -0.1) is 0 Å². The standard InChI is InChI=1S/C22H21N3O3S/c1-15-21(17-7-4-3-5-8-17)29-22(24-15)25-20(26)9-6-12-28-18-11-10-16(14-23)13-19(18)27-2/h3-5,7-8,10-11,13H,6,9,12H2,1-2H3,(H,24,25,26). The lowest BCUT2D eigenvalue weighted by Crippen LogP contribution is -2.12. The molecule has 0 radical (unpaired) electrons. The smallest absolute Gasteiger partial charge is 0.226 e. The number of aromatic nitrogens is 1. The first-order chi connectivity index (χ1) is 14.1. The molecule has 1 amide bonds. The highest BCUT2D eigenvalue weighted by atomic mass is 32.1. The fourth-order valence-electron chi connectivity index (χ4n) is 2.76. The van der Waals surface area contributed by atoms with Crippen LogP contribution in [0.3, 0.4) is 0 Å². The summed E-state index contributed by atoms with van der Waals surface area (Å²) in [6.07, 6.45) is 0.864. The van der Waals surface area contributed by atoms with Gasteiger partial charge in [0.1, 0.15) is 0 Å². The van der Waals surface area contributed by atoms with Gasteiger partial charge in [-0.2, -0.15) is 5.26 Å². The Morgan fingerprint density at radius 3 is 2.72 bits per heavy atom. The third-order valence-electron chi connectivity index (χ3n) is 4.18. The average Bonchev–Trinajstić information content (AvgIpc) is 3.11. The van der Waals surface area contributed by atoms with E-state index in [4.69, 9.17) is 14.7 Å².